The molecular weight excluding hydrogens is 286 g/mol. The number of anilines is 1. The van der Waals surface area contributed by atoms with Crippen LogP contribution >= 0.6 is 12.4 Å². The van der Waals surface area contributed by atoms with E-state index in [-0.39, 0.29) is 12.4 Å². The Hall–Kier alpha value is -1.75. The van der Waals surface area contributed by atoms with E-state index in [1.165, 1.54) is 18.4 Å². The number of aliphatic imine (C=N–C) groups is 2. The molecule has 0 atom stereocenters. The van der Waals surface area contributed by atoms with Gasteiger partial charge in [0.25, 0.3) is 0 Å². The second-order valence-corrected chi connectivity index (χ2v) is 5.08. The highest BCUT2D eigenvalue weighted by molar-refractivity contribution is 6.02. The maximum absolute atomic E-state index is 6.06. The number of rotatable bonds is 1. The van der Waals surface area contributed by atoms with E-state index in [1.54, 1.807) is 7.05 Å². The number of benzene rings is 1. The van der Waals surface area contributed by atoms with Gasteiger partial charge in [0.1, 0.15) is 0 Å². The molecule has 1 heterocycles. The van der Waals surface area contributed by atoms with Crippen LogP contribution in [0.5, 0.6) is 0 Å². The average molecular weight is 310 g/mol. The van der Waals surface area contributed by atoms with Gasteiger partial charge in [0.2, 0.25) is 5.96 Å². The fourth-order valence-corrected chi connectivity index (χ4v) is 2.28. The van der Waals surface area contributed by atoms with Gasteiger partial charge in [0.15, 0.2) is 5.96 Å². The summed E-state index contributed by atoms with van der Waals surface area (Å²) in [5.74, 6) is 1.18. The summed E-state index contributed by atoms with van der Waals surface area (Å²) in [4.78, 5) is 12.8. The minimum absolute atomic E-state index is 0. The third kappa shape index (κ3) is 4.36. The number of halogens is 1. The van der Waals surface area contributed by atoms with Crippen molar-refractivity contribution in [1.29, 1.82) is 0 Å². The lowest BCUT2D eigenvalue weighted by Gasteiger charge is -2.21. The molecule has 1 aromatic rings. The molecule has 2 N–H and O–H groups in total. The molecule has 1 aromatic carbocycles. The number of hydrogen-bond donors (Lipinski definition) is 1. The molecule has 0 unspecified atom stereocenters. The maximum Gasteiger partial charge on any atom is 0.227 e. The van der Waals surface area contributed by atoms with Gasteiger partial charge in [-0.1, -0.05) is 17.7 Å². The Morgan fingerprint density at radius 2 is 1.76 bits per heavy atom. The van der Waals surface area contributed by atoms with Crippen LogP contribution in [0.4, 0.5) is 5.69 Å². The number of nitrogens with two attached hydrogens (primary N) is 1. The van der Waals surface area contributed by atoms with Crippen LogP contribution < -0.4 is 10.6 Å². The summed E-state index contributed by atoms with van der Waals surface area (Å²) in [6, 6.07) is 8.27. The highest BCUT2D eigenvalue weighted by Crippen LogP contribution is 2.15. The maximum atomic E-state index is 6.06. The Morgan fingerprint density at radius 1 is 1.19 bits per heavy atom. The molecule has 21 heavy (non-hydrogen) atoms. The molecule has 0 aromatic heterocycles. The van der Waals surface area contributed by atoms with E-state index in [9.17, 15) is 0 Å². The molecule has 6 heteroatoms. The van der Waals surface area contributed by atoms with Gasteiger partial charge in [-0.25, -0.2) is 0 Å². The summed E-state index contributed by atoms with van der Waals surface area (Å²) in [6.07, 6.45) is 2.37. The first-order chi connectivity index (χ1) is 9.61. The van der Waals surface area contributed by atoms with Crippen molar-refractivity contribution >= 4 is 30.0 Å². The Balaban J connectivity index is 0.00000220. The molecule has 116 valence electrons. The highest BCUT2D eigenvalue weighted by atomic mass is 35.5. The summed E-state index contributed by atoms with van der Waals surface area (Å²) in [5, 5.41) is 0. The second-order valence-electron chi connectivity index (χ2n) is 5.08. The zero-order valence-electron chi connectivity index (χ0n) is 12.9. The molecule has 1 aliphatic heterocycles. The zero-order chi connectivity index (χ0) is 14.5. The summed E-state index contributed by atoms with van der Waals surface area (Å²) >= 11 is 0. The minimum atomic E-state index is 0. The smallest absolute Gasteiger partial charge is 0.227 e. The zero-order valence-corrected chi connectivity index (χ0v) is 13.7. The predicted molar refractivity (Wildman–Crippen MR) is 92.6 cm³/mol. The van der Waals surface area contributed by atoms with Crippen molar-refractivity contribution in [1.82, 2.24) is 4.90 Å². The van der Waals surface area contributed by atoms with E-state index >= 15 is 0 Å². The fraction of sp³-hybridized carbons (Fsp3) is 0.467. The quantitative estimate of drug-likeness (QED) is 0.639. The third-order valence-corrected chi connectivity index (χ3v) is 3.57. The third-order valence-electron chi connectivity index (χ3n) is 3.57. The molecule has 1 aliphatic rings. The predicted octanol–water partition coefficient (Wildman–Crippen LogP) is 2.25. The van der Waals surface area contributed by atoms with E-state index in [0.717, 1.165) is 18.8 Å². The van der Waals surface area contributed by atoms with Crippen LogP contribution in [0.2, 0.25) is 0 Å². The lowest BCUT2D eigenvalue weighted by atomic mass is 10.2. The molecule has 0 aliphatic carbocycles. The molecular formula is C15H24ClN5. The average Bonchev–Trinajstić information content (AvgIpc) is 2.99. The molecule has 2 rings (SSSR count). The van der Waals surface area contributed by atoms with Crippen molar-refractivity contribution in [3.05, 3.63) is 29.8 Å². The number of likely N-dealkylation sites (tertiary alicyclic amines) is 1. The molecule has 0 saturated carbocycles. The van der Waals surface area contributed by atoms with Crippen molar-refractivity contribution in [3.8, 4) is 0 Å². The molecule has 0 radical (unpaired) electrons. The van der Waals surface area contributed by atoms with Gasteiger partial charge in [-0.2, -0.15) is 4.99 Å². The van der Waals surface area contributed by atoms with Crippen molar-refractivity contribution in [2.45, 2.75) is 19.8 Å². The first-order valence-electron chi connectivity index (χ1n) is 6.98. The van der Waals surface area contributed by atoms with E-state index < -0.39 is 0 Å². The molecule has 1 saturated heterocycles. The first-order valence-corrected chi connectivity index (χ1v) is 6.98. The van der Waals surface area contributed by atoms with Crippen molar-refractivity contribution in [2.24, 2.45) is 15.7 Å². The van der Waals surface area contributed by atoms with Crippen molar-refractivity contribution in [2.75, 3.05) is 32.1 Å². The summed E-state index contributed by atoms with van der Waals surface area (Å²) in [7, 11) is 3.69. The van der Waals surface area contributed by atoms with Gasteiger partial charge in [-0.3, -0.25) is 4.99 Å². The highest BCUT2D eigenvalue weighted by Gasteiger charge is 2.15. The molecule has 0 amide bonds. The molecule has 1 fully saturated rings. The Kier molecular flexibility index (Phi) is 6.49. The normalized spacial score (nSPS) is 15.9. The van der Waals surface area contributed by atoms with E-state index in [2.05, 4.69) is 46.1 Å². The number of nitrogens with zero attached hydrogens (tertiary/aromatic N) is 4. The summed E-state index contributed by atoms with van der Waals surface area (Å²) in [5.41, 5.74) is 8.35. The Morgan fingerprint density at radius 3 is 2.29 bits per heavy atom. The number of guanidine groups is 2. The van der Waals surface area contributed by atoms with E-state index in [1.807, 2.05) is 11.9 Å². The van der Waals surface area contributed by atoms with Gasteiger partial charge >= 0.3 is 0 Å². The van der Waals surface area contributed by atoms with Crippen LogP contribution in [0.15, 0.2) is 34.3 Å². The molecule has 5 nitrogen and oxygen atoms in total. The second kappa shape index (κ2) is 7.88. The van der Waals surface area contributed by atoms with Crippen molar-refractivity contribution < 1.29 is 0 Å². The lowest BCUT2D eigenvalue weighted by Crippen LogP contribution is -2.37. The van der Waals surface area contributed by atoms with Gasteiger partial charge < -0.3 is 15.5 Å². The number of hydrogen-bond acceptors (Lipinski definition) is 1. The standard InChI is InChI=1S/C15H23N5.ClH/c1-12-6-8-13(9-7-12)19(3)15(17-2)18-14(16)20-10-4-5-11-20;/h6-9H,4-5,10-11H2,1-3H3,(H2,16,17,18);1H. The molecule has 0 spiro atoms. The van der Waals surface area contributed by atoms with Crippen LogP contribution in [-0.4, -0.2) is 44.0 Å². The van der Waals surface area contributed by atoms with E-state index in [0.29, 0.717) is 11.9 Å². The van der Waals surface area contributed by atoms with Gasteiger partial charge in [-0.05, 0) is 31.9 Å². The fourth-order valence-electron chi connectivity index (χ4n) is 2.28. The van der Waals surface area contributed by atoms with Crippen molar-refractivity contribution in [3.63, 3.8) is 0 Å². The van der Waals surface area contributed by atoms with Crippen LogP contribution in [-0.2, 0) is 0 Å². The molecule has 0 bridgehead atoms. The van der Waals surface area contributed by atoms with Crippen LogP contribution in [0, 0.1) is 6.92 Å². The topological polar surface area (TPSA) is 57.2 Å². The SMILES string of the molecule is CN=C(N=C(N)N1CCCC1)N(C)c1ccc(C)cc1.Cl. The Labute approximate surface area is 133 Å². The Bertz CT molecular complexity index is 503. The summed E-state index contributed by atoms with van der Waals surface area (Å²) < 4.78 is 0. The summed E-state index contributed by atoms with van der Waals surface area (Å²) in [6.45, 7) is 4.04. The van der Waals surface area contributed by atoms with Gasteiger partial charge in [-0.15, -0.1) is 12.4 Å². The van der Waals surface area contributed by atoms with Crippen LogP contribution in [0.1, 0.15) is 18.4 Å². The van der Waals surface area contributed by atoms with E-state index in [4.69, 9.17) is 5.73 Å². The number of aryl methyl sites for hydroxylation is 1. The monoisotopic (exact) mass is 309 g/mol. The minimum Gasteiger partial charge on any atom is -0.369 e. The first kappa shape index (κ1) is 17.3. The van der Waals surface area contributed by atoms with Crippen LogP contribution in [0.3, 0.4) is 0 Å². The largest absolute Gasteiger partial charge is 0.369 e. The van der Waals surface area contributed by atoms with Gasteiger partial charge in [0.05, 0.1) is 0 Å². The van der Waals surface area contributed by atoms with Crippen LogP contribution in [0.25, 0.3) is 0 Å². The lowest BCUT2D eigenvalue weighted by molar-refractivity contribution is 0.514. The van der Waals surface area contributed by atoms with Gasteiger partial charge in [0, 0.05) is 32.9 Å².